The molecule has 2 rings (SSSR count). The number of hydrogen-bond donors (Lipinski definition) is 1. The number of aryl methyl sites for hydroxylation is 2. The van der Waals surface area contributed by atoms with E-state index in [0.717, 1.165) is 24.6 Å². The Hall–Kier alpha value is -2.03. The molecule has 0 fully saturated rings. The first-order chi connectivity index (χ1) is 9.60. The van der Waals surface area contributed by atoms with Crippen molar-refractivity contribution in [2.45, 2.75) is 27.3 Å². The monoisotopic (exact) mass is 269 g/mol. The summed E-state index contributed by atoms with van der Waals surface area (Å²) >= 11 is 0. The molecule has 0 bridgehead atoms. The standard InChI is InChI=1S/C17H23N3/c1-5-18-17-8-6-7-15(19-17)12-20(4)16-10-9-13(2)11-14(16)3/h6-11H,5,12H2,1-4H3,(H,18,19). The van der Waals surface area contributed by atoms with Gasteiger partial charge in [-0.3, -0.25) is 0 Å². The van der Waals surface area contributed by atoms with Crippen LogP contribution in [-0.4, -0.2) is 18.6 Å². The van der Waals surface area contributed by atoms with Gasteiger partial charge in [0, 0.05) is 19.3 Å². The van der Waals surface area contributed by atoms with E-state index in [1.807, 2.05) is 6.07 Å². The lowest BCUT2D eigenvalue weighted by Gasteiger charge is -2.21. The predicted octanol–water partition coefficient (Wildman–Crippen LogP) is 3.77. The lowest BCUT2D eigenvalue weighted by atomic mass is 10.1. The summed E-state index contributed by atoms with van der Waals surface area (Å²) in [6, 6.07) is 12.7. The summed E-state index contributed by atoms with van der Waals surface area (Å²) in [5.74, 6) is 0.944. The largest absolute Gasteiger partial charge is 0.370 e. The van der Waals surface area contributed by atoms with Gasteiger partial charge in [0.15, 0.2) is 0 Å². The summed E-state index contributed by atoms with van der Waals surface area (Å²) in [7, 11) is 2.11. The van der Waals surface area contributed by atoms with Crippen LogP contribution in [0, 0.1) is 13.8 Å². The van der Waals surface area contributed by atoms with Crippen molar-refractivity contribution in [1.82, 2.24) is 4.98 Å². The Morgan fingerprint density at radius 3 is 2.65 bits per heavy atom. The van der Waals surface area contributed by atoms with Crippen molar-refractivity contribution in [3.05, 3.63) is 53.2 Å². The van der Waals surface area contributed by atoms with Crippen LogP contribution in [0.1, 0.15) is 23.7 Å². The van der Waals surface area contributed by atoms with Crippen LogP contribution in [0.5, 0.6) is 0 Å². The highest BCUT2D eigenvalue weighted by Crippen LogP contribution is 2.21. The van der Waals surface area contributed by atoms with Crippen LogP contribution < -0.4 is 10.2 Å². The van der Waals surface area contributed by atoms with E-state index in [0.29, 0.717) is 0 Å². The Bertz CT molecular complexity index is 578. The third-order valence-corrected chi connectivity index (χ3v) is 3.33. The molecule has 0 saturated heterocycles. The number of rotatable bonds is 5. The molecule has 1 aromatic heterocycles. The van der Waals surface area contributed by atoms with Crippen LogP contribution in [0.4, 0.5) is 11.5 Å². The van der Waals surface area contributed by atoms with Gasteiger partial charge in [-0.05, 0) is 44.5 Å². The molecule has 1 aromatic carbocycles. The average Bonchev–Trinajstić information content (AvgIpc) is 2.39. The first-order valence-corrected chi connectivity index (χ1v) is 7.08. The molecular weight excluding hydrogens is 246 g/mol. The number of benzene rings is 1. The number of pyridine rings is 1. The Balaban J connectivity index is 2.14. The molecule has 20 heavy (non-hydrogen) atoms. The van der Waals surface area contributed by atoms with Gasteiger partial charge in [0.2, 0.25) is 0 Å². The molecule has 0 atom stereocenters. The topological polar surface area (TPSA) is 28.2 Å². The van der Waals surface area contributed by atoms with Crippen molar-refractivity contribution in [1.29, 1.82) is 0 Å². The second kappa shape index (κ2) is 6.42. The van der Waals surface area contributed by atoms with Crippen LogP contribution >= 0.6 is 0 Å². The van der Waals surface area contributed by atoms with E-state index >= 15 is 0 Å². The highest BCUT2D eigenvalue weighted by molar-refractivity contribution is 5.54. The number of anilines is 2. The lowest BCUT2D eigenvalue weighted by molar-refractivity contribution is 0.880. The number of nitrogens with one attached hydrogen (secondary N) is 1. The van der Waals surface area contributed by atoms with Crippen molar-refractivity contribution >= 4 is 11.5 Å². The Kier molecular flexibility index (Phi) is 4.61. The van der Waals surface area contributed by atoms with Gasteiger partial charge in [0.1, 0.15) is 5.82 Å². The molecule has 0 aliphatic carbocycles. The van der Waals surface area contributed by atoms with Gasteiger partial charge < -0.3 is 10.2 Å². The summed E-state index contributed by atoms with van der Waals surface area (Å²) in [5.41, 5.74) is 4.93. The van der Waals surface area contributed by atoms with Gasteiger partial charge in [-0.2, -0.15) is 0 Å². The summed E-state index contributed by atoms with van der Waals surface area (Å²) in [5, 5.41) is 3.25. The minimum absolute atomic E-state index is 0.809. The van der Waals surface area contributed by atoms with E-state index in [2.05, 4.69) is 73.4 Å². The molecule has 1 N–H and O–H groups in total. The van der Waals surface area contributed by atoms with Crippen LogP contribution in [0.3, 0.4) is 0 Å². The fourth-order valence-electron chi connectivity index (χ4n) is 2.41. The third kappa shape index (κ3) is 3.50. The highest BCUT2D eigenvalue weighted by atomic mass is 15.1. The number of hydrogen-bond acceptors (Lipinski definition) is 3. The van der Waals surface area contributed by atoms with E-state index in [9.17, 15) is 0 Å². The smallest absolute Gasteiger partial charge is 0.126 e. The van der Waals surface area contributed by atoms with Gasteiger partial charge in [-0.15, -0.1) is 0 Å². The van der Waals surface area contributed by atoms with Gasteiger partial charge in [0.05, 0.1) is 12.2 Å². The quantitative estimate of drug-likeness (QED) is 0.895. The first-order valence-electron chi connectivity index (χ1n) is 7.08. The van der Waals surface area contributed by atoms with Crippen LogP contribution in [0.25, 0.3) is 0 Å². The van der Waals surface area contributed by atoms with Crippen molar-refractivity contribution < 1.29 is 0 Å². The maximum atomic E-state index is 4.62. The van der Waals surface area contributed by atoms with Crippen LogP contribution in [-0.2, 0) is 6.54 Å². The Morgan fingerprint density at radius 2 is 1.95 bits per heavy atom. The minimum Gasteiger partial charge on any atom is -0.370 e. The molecule has 0 radical (unpaired) electrons. The van der Waals surface area contributed by atoms with Gasteiger partial charge in [-0.25, -0.2) is 4.98 Å². The molecule has 0 amide bonds. The van der Waals surface area contributed by atoms with Gasteiger partial charge in [0.25, 0.3) is 0 Å². The zero-order valence-electron chi connectivity index (χ0n) is 12.8. The van der Waals surface area contributed by atoms with Gasteiger partial charge in [-0.1, -0.05) is 23.8 Å². The van der Waals surface area contributed by atoms with Crippen LogP contribution in [0.2, 0.25) is 0 Å². The van der Waals surface area contributed by atoms with E-state index < -0.39 is 0 Å². The zero-order chi connectivity index (χ0) is 14.5. The SMILES string of the molecule is CCNc1cccc(CN(C)c2ccc(C)cc2C)n1. The first kappa shape index (κ1) is 14.4. The fraction of sp³-hybridized carbons (Fsp3) is 0.353. The Morgan fingerprint density at radius 1 is 1.15 bits per heavy atom. The fourth-order valence-corrected chi connectivity index (χ4v) is 2.41. The average molecular weight is 269 g/mol. The lowest BCUT2D eigenvalue weighted by Crippen LogP contribution is -2.18. The van der Waals surface area contributed by atoms with Crippen molar-refractivity contribution in [3.63, 3.8) is 0 Å². The second-order valence-corrected chi connectivity index (χ2v) is 5.19. The maximum Gasteiger partial charge on any atom is 0.126 e. The predicted molar refractivity (Wildman–Crippen MR) is 86.4 cm³/mol. The van der Waals surface area contributed by atoms with Gasteiger partial charge >= 0.3 is 0 Å². The molecule has 0 unspecified atom stereocenters. The molecule has 0 spiro atoms. The zero-order valence-corrected chi connectivity index (χ0v) is 12.8. The molecule has 1 heterocycles. The summed E-state index contributed by atoms with van der Waals surface area (Å²) in [6.07, 6.45) is 0. The molecule has 0 saturated carbocycles. The second-order valence-electron chi connectivity index (χ2n) is 5.19. The number of aromatic nitrogens is 1. The summed E-state index contributed by atoms with van der Waals surface area (Å²) < 4.78 is 0. The molecule has 2 aromatic rings. The molecule has 3 nitrogen and oxygen atoms in total. The van der Waals surface area contributed by atoms with E-state index in [1.54, 1.807) is 0 Å². The molecule has 3 heteroatoms. The minimum atomic E-state index is 0.809. The van der Waals surface area contributed by atoms with E-state index in [1.165, 1.54) is 16.8 Å². The van der Waals surface area contributed by atoms with E-state index in [4.69, 9.17) is 0 Å². The molecule has 0 aliphatic heterocycles. The Labute approximate surface area is 121 Å². The van der Waals surface area contributed by atoms with Crippen molar-refractivity contribution in [3.8, 4) is 0 Å². The molecule has 0 aliphatic rings. The maximum absolute atomic E-state index is 4.62. The molecule has 106 valence electrons. The highest BCUT2D eigenvalue weighted by Gasteiger charge is 2.06. The van der Waals surface area contributed by atoms with E-state index in [-0.39, 0.29) is 0 Å². The van der Waals surface area contributed by atoms with Crippen molar-refractivity contribution in [2.75, 3.05) is 23.8 Å². The van der Waals surface area contributed by atoms with Crippen LogP contribution in [0.15, 0.2) is 36.4 Å². The molecular formula is C17H23N3. The normalized spacial score (nSPS) is 10.4. The number of nitrogens with zero attached hydrogens (tertiary/aromatic N) is 2. The summed E-state index contributed by atoms with van der Waals surface area (Å²) in [4.78, 5) is 6.87. The summed E-state index contributed by atoms with van der Waals surface area (Å²) in [6.45, 7) is 8.06. The third-order valence-electron chi connectivity index (χ3n) is 3.33. The van der Waals surface area contributed by atoms with Crippen molar-refractivity contribution in [2.24, 2.45) is 0 Å².